The lowest BCUT2D eigenvalue weighted by molar-refractivity contribution is -0.385. The summed E-state index contributed by atoms with van der Waals surface area (Å²) in [5, 5.41) is 10.8. The second kappa shape index (κ2) is 7.34. The summed E-state index contributed by atoms with van der Waals surface area (Å²) in [5.41, 5.74) is 5.20. The van der Waals surface area contributed by atoms with Gasteiger partial charge in [0.05, 0.1) is 12.0 Å². The van der Waals surface area contributed by atoms with Gasteiger partial charge in [-0.25, -0.2) is 13.1 Å². The van der Waals surface area contributed by atoms with Crippen LogP contribution in [0, 0.1) is 10.1 Å². The van der Waals surface area contributed by atoms with Gasteiger partial charge in [0.2, 0.25) is 10.0 Å². The summed E-state index contributed by atoms with van der Waals surface area (Å²) in [6.07, 6.45) is 1.34. The van der Waals surface area contributed by atoms with Crippen LogP contribution >= 0.6 is 0 Å². The number of nitrogens with two attached hydrogens (primary N) is 1. The zero-order valence-corrected chi connectivity index (χ0v) is 12.7. The maximum absolute atomic E-state index is 12.4. The molecular weight excluding hydrogens is 298 g/mol. The first-order valence-electron chi connectivity index (χ1n) is 6.40. The van der Waals surface area contributed by atoms with Crippen LogP contribution < -0.4 is 15.2 Å². The molecule has 0 fully saturated rings. The summed E-state index contributed by atoms with van der Waals surface area (Å²) in [7, 11) is -2.65. The average Bonchev–Trinajstić information content (AvgIpc) is 2.45. The van der Waals surface area contributed by atoms with Gasteiger partial charge in [0.25, 0.3) is 5.69 Å². The van der Waals surface area contributed by atoms with Gasteiger partial charge in [-0.2, -0.15) is 0 Å². The lowest BCUT2D eigenvalue weighted by atomic mass is 10.2. The summed E-state index contributed by atoms with van der Waals surface area (Å²) in [6, 6.07) is 2.98. The molecule has 0 spiro atoms. The van der Waals surface area contributed by atoms with Crippen LogP contribution in [0.25, 0.3) is 0 Å². The van der Waals surface area contributed by atoms with Crippen molar-refractivity contribution in [3.63, 3.8) is 0 Å². The predicted molar refractivity (Wildman–Crippen MR) is 77.7 cm³/mol. The molecule has 0 radical (unpaired) electrons. The van der Waals surface area contributed by atoms with E-state index in [1.807, 2.05) is 6.92 Å². The standard InChI is InChI=1S/C12H19N3O5S/c1-3-4-9(8-13)14-21(18,19)12-7-10(15(16)17)5-6-11(12)20-2/h5-7,9,14H,3-4,8,13H2,1-2H3. The third-order valence-corrected chi connectivity index (χ3v) is 4.43. The number of non-ortho nitro benzene ring substituents is 1. The van der Waals surface area contributed by atoms with Crippen molar-refractivity contribution in [1.82, 2.24) is 4.72 Å². The number of rotatable bonds is 8. The van der Waals surface area contributed by atoms with Crippen molar-refractivity contribution >= 4 is 15.7 Å². The Morgan fingerprint density at radius 2 is 2.14 bits per heavy atom. The number of nitrogens with zero attached hydrogens (tertiary/aromatic N) is 1. The molecule has 0 saturated carbocycles. The fourth-order valence-electron chi connectivity index (χ4n) is 1.85. The molecule has 1 aromatic rings. The van der Waals surface area contributed by atoms with E-state index in [4.69, 9.17) is 10.5 Å². The van der Waals surface area contributed by atoms with E-state index < -0.39 is 21.0 Å². The van der Waals surface area contributed by atoms with Gasteiger partial charge in [0.15, 0.2) is 0 Å². The Balaban J connectivity index is 3.22. The second-order valence-electron chi connectivity index (χ2n) is 4.43. The molecule has 0 saturated heterocycles. The van der Waals surface area contributed by atoms with Gasteiger partial charge in [-0.1, -0.05) is 13.3 Å². The lowest BCUT2D eigenvalue weighted by Crippen LogP contribution is -2.40. The predicted octanol–water partition coefficient (Wildman–Crippen LogP) is 1.01. The molecule has 0 aliphatic heterocycles. The van der Waals surface area contributed by atoms with E-state index >= 15 is 0 Å². The number of nitrogens with one attached hydrogen (secondary N) is 1. The Morgan fingerprint density at radius 1 is 1.48 bits per heavy atom. The van der Waals surface area contributed by atoms with E-state index in [-0.39, 0.29) is 22.9 Å². The molecule has 1 atom stereocenters. The van der Waals surface area contributed by atoms with Crippen LogP contribution in [0.15, 0.2) is 23.1 Å². The van der Waals surface area contributed by atoms with E-state index in [0.29, 0.717) is 6.42 Å². The maximum Gasteiger partial charge on any atom is 0.271 e. The Hall–Kier alpha value is -1.71. The van der Waals surface area contributed by atoms with E-state index in [9.17, 15) is 18.5 Å². The number of sulfonamides is 1. The molecule has 1 rings (SSSR count). The number of hydrogen-bond donors (Lipinski definition) is 2. The summed E-state index contributed by atoms with van der Waals surface area (Å²) in [5.74, 6) is 0.0420. The van der Waals surface area contributed by atoms with Gasteiger partial charge in [0.1, 0.15) is 10.6 Å². The molecule has 0 bridgehead atoms. The zero-order valence-electron chi connectivity index (χ0n) is 11.9. The molecule has 118 valence electrons. The first kappa shape index (κ1) is 17.3. The molecule has 1 aromatic carbocycles. The molecule has 9 heteroatoms. The molecule has 1 unspecified atom stereocenters. The van der Waals surface area contributed by atoms with Crippen LogP contribution in [0.1, 0.15) is 19.8 Å². The third-order valence-electron chi connectivity index (χ3n) is 2.89. The molecule has 0 aromatic heterocycles. The first-order valence-corrected chi connectivity index (χ1v) is 7.88. The van der Waals surface area contributed by atoms with E-state index in [0.717, 1.165) is 12.5 Å². The molecule has 0 aliphatic rings. The van der Waals surface area contributed by atoms with Gasteiger partial charge in [-0.05, 0) is 12.5 Å². The summed E-state index contributed by atoms with van der Waals surface area (Å²) in [6.45, 7) is 2.05. The third kappa shape index (κ3) is 4.38. The van der Waals surface area contributed by atoms with Crippen molar-refractivity contribution in [2.24, 2.45) is 5.73 Å². The van der Waals surface area contributed by atoms with Crippen molar-refractivity contribution in [1.29, 1.82) is 0 Å². The highest BCUT2D eigenvalue weighted by atomic mass is 32.2. The topological polar surface area (TPSA) is 125 Å². The number of hydrogen-bond acceptors (Lipinski definition) is 6. The SMILES string of the molecule is CCCC(CN)NS(=O)(=O)c1cc([N+](=O)[O-])ccc1OC. The van der Waals surface area contributed by atoms with Gasteiger partial charge in [0, 0.05) is 24.7 Å². The normalized spacial score (nSPS) is 12.9. The highest BCUT2D eigenvalue weighted by molar-refractivity contribution is 7.89. The van der Waals surface area contributed by atoms with Crippen molar-refractivity contribution in [2.75, 3.05) is 13.7 Å². The quantitative estimate of drug-likeness (QED) is 0.544. The van der Waals surface area contributed by atoms with Gasteiger partial charge in [-0.3, -0.25) is 10.1 Å². The minimum absolute atomic E-state index is 0.0420. The number of methoxy groups -OCH3 is 1. The fraction of sp³-hybridized carbons (Fsp3) is 0.500. The fourth-order valence-corrected chi connectivity index (χ4v) is 3.32. The van der Waals surface area contributed by atoms with Gasteiger partial charge in [-0.15, -0.1) is 0 Å². The number of benzene rings is 1. The van der Waals surface area contributed by atoms with Crippen LogP contribution in [0.4, 0.5) is 5.69 Å². The molecule has 0 aliphatic carbocycles. The minimum atomic E-state index is -3.95. The van der Waals surface area contributed by atoms with E-state index in [2.05, 4.69) is 4.72 Å². The van der Waals surface area contributed by atoms with Crippen molar-refractivity contribution in [3.8, 4) is 5.75 Å². The van der Waals surface area contributed by atoms with E-state index in [1.165, 1.54) is 19.2 Å². The maximum atomic E-state index is 12.4. The van der Waals surface area contributed by atoms with Crippen LogP contribution in [0.2, 0.25) is 0 Å². The summed E-state index contributed by atoms with van der Waals surface area (Å²) in [4.78, 5) is 9.86. The largest absolute Gasteiger partial charge is 0.495 e. The Labute approximate surface area is 123 Å². The van der Waals surface area contributed by atoms with Crippen molar-refractivity contribution in [2.45, 2.75) is 30.7 Å². The number of ether oxygens (including phenoxy) is 1. The Kier molecular flexibility index (Phi) is 6.06. The molecule has 21 heavy (non-hydrogen) atoms. The average molecular weight is 317 g/mol. The van der Waals surface area contributed by atoms with Crippen LogP contribution in [-0.2, 0) is 10.0 Å². The second-order valence-corrected chi connectivity index (χ2v) is 6.12. The zero-order chi connectivity index (χ0) is 16.0. The molecular formula is C12H19N3O5S. The highest BCUT2D eigenvalue weighted by Gasteiger charge is 2.25. The summed E-state index contributed by atoms with van der Waals surface area (Å²) < 4.78 is 32.1. The van der Waals surface area contributed by atoms with Gasteiger partial charge < -0.3 is 10.5 Å². The Bertz CT molecular complexity index is 603. The van der Waals surface area contributed by atoms with Crippen LogP contribution in [-0.4, -0.2) is 33.0 Å². The number of nitro groups is 1. The van der Waals surface area contributed by atoms with Crippen molar-refractivity contribution < 1.29 is 18.1 Å². The minimum Gasteiger partial charge on any atom is -0.495 e. The van der Waals surface area contributed by atoms with Crippen LogP contribution in [0.5, 0.6) is 5.75 Å². The number of nitro benzene ring substituents is 1. The molecule has 8 nitrogen and oxygen atoms in total. The first-order chi connectivity index (χ1) is 9.85. The van der Waals surface area contributed by atoms with Gasteiger partial charge >= 0.3 is 0 Å². The lowest BCUT2D eigenvalue weighted by Gasteiger charge is -2.17. The molecule has 3 N–H and O–H groups in total. The monoisotopic (exact) mass is 317 g/mol. The van der Waals surface area contributed by atoms with Crippen LogP contribution in [0.3, 0.4) is 0 Å². The molecule has 0 heterocycles. The van der Waals surface area contributed by atoms with E-state index in [1.54, 1.807) is 0 Å². The Morgan fingerprint density at radius 3 is 2.62 bits per heavy atom. The van der Waals surface area contributed by atoms with Crippen molar-refractivity contribution in [3.05, 3.63) is 28.3 Å². The summed E-state index contributed by atoms with van der Waals surface area (Å²) >= 11 is 0. The smallest absolute Gasteiger partial charge is 0.271 e. The molecule has 0 amide bonds. The highest BCUT2D eigenvalue weighted by Crippen LogP contribution is 2.28.